The number of hydrogen-bond acceptors (Lipinski definition) is 4. The number of aliphatic hydroxyl groups excluding tert-OH is 2. The summed E-state index contributed by atoms with van der Waals surface area (Å²) in [6, 6.07) is 0. The van der Waals surface area contributed by atoms with Crippen LogP contribution in [-0.2, 0) is 4.79 Å². The van der Waals surface area contributed by atoms with Crippen molar-refractivity contribution in [2.45, 2.75) is 84.3 Å². The van der Waals surface area contributed by atoms with Gasteiger partial charge in [-0.05, 0) is 49.9 Å². The van der Waals surface area contributed by atoms with Crippen molar-refractivity contribution in [2.75, 3.05) is 0 Å². The van der Waals surface area contributed by atoms with Gasteiger partial charge in [-0.1, -0.05) is 70.1 Å². The van der Waals surface area contributed by atoms with Crippen LogP contribution >= 0.6 is 0 Å². The quantitative estimate of drug-likeness (QED) is 0.276. The fraction of sp³-hybridized carbons (Fsp3) is 0.696. The van der Waals surface area contributed by atoms with Gasteiger partial charge >= 0.3 is 51.4 Å². The molecule has 0 aromatic carbocycles. The number of carbonyl (C=O) groups excluding carboxylic acids is 1. The van der Waals surface area contributed by atoms with E-state index < -0.39 is 18.2 Å². The van der Waals surface area contributed by atoms with E-state index in [-0.39, 0.29) is 75.1 Å². The molecule has 0 aromatic heterocycles. The van der Waals surface area contributed by atoms with Crippen molar-refractivity contribution in [3.05, 3.63) is 36.5 Å². The van der Waals surface area contributed by atoms with Gasteiger partial charge in [-0.2, -0.15) is 0 Å². The predicted molar refractivity (Wildman–Crippen MR) is 108 cm³/mol. The molecule has 154 valence electrons. The van der Waals surface area contributed by atoms with Crippen molar-refractivity contribution < 1.29 is 71.5 Å². The molecular weight excluding hydrogens is 379 g/mol. The van der Waals surface area contributed by atoms with Gasteiger partial charge in [0.2, 0.25) is 0 Å². The van der Waals surface area contributed by atoms with Crippen LogP contribution in [0.15, 0.2) is 36.5 Å². The molecule has 0 bridgehead atoms. The number of carboxylic acid groups (broad SMARTS) is 1. The van der Waals surface area contributed by atoms with Crippen LogP contribution in [0.25, 0.3) is 0 Å². The minimum absolute atomic E-state index is 0. The Morgan fingerprint density at radius 2 is 2.04 bits per heavy atom. The molecule has 28 heavy (non-hydrogen) atoms. The van der Waals surface area contributed by atoms with Crippen LogP contribution < -0.4 is 56.5 Å². The largest absolute Gasteiger partial charge is 1.00 e. The number of rotatable bonds is 12. The molecule has 1 saturated carbocycles. The first-order valence-corrected chi connectivity index (χ1v) is 10.3. The van der Waals surface area contributed by atoms with Gasteiger partial charge in [0, 0.05) is 11.9 Å². The summed E-state index contributed by atoms with van der Waals surface area (Å²) in [5.41, 5.74) is 0.859. The fourth-order valence-corrected chi connectivity index (χ4v) is 3.68. The Morgan fingerprint density at radius 3 is 2.64 bits per heavy atom. The molecule has 0 aliphatic heterocycles. The average Bonchev–Trinajstić information content (AvgIpc) is 2.86. The van der Waals surface area contributed by atoms with Crippen molar-refractivity contribution >= 4 is 5.97 Å². The molecular formula is C23H37KO4. The Morgan fingerprint density at radius 1 is 1.36 bits per heavy atom. The van der Waals surface area contributed by atoms with Gasteiger partial charge in [0.05, 0.1) is 12.2 Å². The van der Waals surface area contributed by atoms with E-state index in [0.29, 0.717) is 19.3 Å². The number of allylic oxidation sites excluding steroid dienone is 2. The topological polar surface area (TPSA) is 80.6 Å². The summed E-state index contributed by atoms with van der Waals surface area (Å²) in [6.45, 7) is 10.4. The molecule has 0 amide bonds. The molecule has 5 heteroatoms. The Labute approximate surface area is 213 Å². The molecule has 1 fully saturated rings. The van der Waals surface area contributed by atoms with E-state index in [0.717, 1.165) is 31.3 Å². The zero-order valence-corrected chi connectivity index (χ0v) is 21.3. The van der Waals surface area contributed by atoms with Crippen molar-refractivity contribution in [2.24, 2.45) is 17.3 Å². The summed E-state index contributed by atoms with van der Waals surface area (Å²) in [5, 5.41) is 31.4. The third-order valence-electron chi connectivity index (χ3n) is 5.70. The summed E-state index contributed by atoms with van der Waals surface area (Å²) in [5.74, 6) is -0.900. The van der Waals surface area contributed by atoms with Crippen LogP contribution in [0.1, 0.15) is 72.1 Å². The summed E-state index contributed by atoms with van der Waals surface area (Å²) < 4.78 is 0. The third kappa shape index (κ3) is 9.83. The molecule has 4 atom stereocenters. The molecule has 4 nitrogen and oxygen atoms in total. The van der Waals surface area contributed by atoms with Crippen LogP contribution in [0.5, 0.6) is 0 Å². The maximum atomic E-state index is 10.6. The normalized spacial score (nSPS) is 24.0. The van der Waals surface area contributed by atoms with Gasteiger partial charge in [-0.15, -0.1) is 0 Å². The second-order valence-electron chi connectivity index (χ2n) is 8.51. The standard InChI is InChI=1S/C23H38O4.K/c1-5-6-15-23(3,4)21(25)14-13-19-18(17(2)16-20(19)24)11-9-7-8-10-12-22(26)27;/h7,9,13-14,18-21,24-25H,2,5-6,8,10-12,15-16H2,1,3-4H3,(H,26,27);/q;+1/p-1. The molecule has 0 radical (unpaired) electrons. The Hall–Kier alpha value is 0.246. The monoisotopic (exact) mass is 416 g/mol. The van der Waals surface area contributed by atoms with Gasteiger partial charge in [0.1, 0.15) is 0 Å². The number of aliphatic carboxylic acids is 1. The Kier molecular flexibility index (Phi) is 14.4. The SMILES string of the molecule is C=C1CC(O)C(C=CC(O)C(C)(C)CCCC)C1CC=CCCCC(=O)[O-].[K+]. The zero-order valence-electron chi connectivity index (χ0n) is 18.2. The van der Waals surface area contributed by atoms with Crippen LogP contribution in [0.3, 0.4) is 0 Å². The van der Waals surface area contributed by atoms with E-state index in [4.69, 9.17) is 0 Å². The molecule has 1 rings (SSSR count). The molecule has 1 aliphatic carbocycles. The van der Waals surface area contributed by atoms with E-state index in [1.807, 2.05) is 24.3 Å². The van der Waals surface area contributed by atoms with E-state index in [2.05, 4.69) is 27.4 Å². The zero-order chi connectivity index (χ0) is 20.4. The number of aliphatic hydroxyl groups is 2. The maximum Gasteiger partial charge on any atom is 1.00 e. The maximum absolute atomic E-state index is 10.6. The first-order chi connectivity index (χ1) is 12.7. The van der Waals surface area contributed by atoms with Crippen molar-refractivity contribution in [1.82, 2.24) is 0 Å². The van der Waals surface area contributed by atoms with Crippen molar-refractivity contribution in [3.63, 3.8) is 0 Å². The predicted octanol–water partition coefficient (Wildman–Crippen LogP) is 0.544. The molecule has 0 spiro atoms. The van der Waals surface area contributed by atoms with E-state index in [1.165, 1.54) is 0 Å². The number of carboxylic acids is 1. The minimum atomic E-state index is -1.01. The van der Waals surface area contributed by atoms with E-state index in [1.54, 1.807) is 0 Å². The van der Waals surface area contributed by atoms with Gasteiger partial charge in [0.15, 0.2) is 0 Å². The smallest absolute Gasteiger partial charge is 0.550 e. The molecule has 2 N–H and O–H groups in total. The number of unbranched alkanes of at least 4 members (excludes halogenated alkanes) is 2. The van der Waals surface area contributed by atoms with Crippen LogP contribution in [0.2, 0.25) is 0 Å². The van der Waals surface area contributed by atoms with E-state index in [9.17, 15) is 20.1 Å². The van der Waals surface area contributed by atoms with Gasteiger partial charge < -0.3 is 20.1 Å². The average molecular weight is 417 g/mol. The summed E-state index contributed by atoms with van der Waals surface area (Å²) in [7, 11) is 0. The van der Waals surface area contributed by atoms with Crippen LogP contribution in [-0.4, -0.2) is 28.4 Å². The second-order valence-corrected chi connectivity index (χ2v) is 8.51. The van der Waals surface area contributed by atoms with Crippen LogP contribution in [0, 0.1) is 17.3 Å². The Balaban J connectivity index is 0.00000729. The first kappa shape index (κ1) is 28.2. The Bertz CT molecular complexity index is 539. The molecule has 1 aliphatic rings. The number of hydrogen-bond donors (Lipinski definition) is 2. The summed E-state index contributed by atoms with van der Waals surface area (Å²) in [6.07, 6.45) is 12.7. The van der Waals surface area contributed by atoms with E-state index >= 15 is 0 Å². The molecule has 4 unspecified atom stereocenters. The molecule has 0 saturated heterocycles. The van der Waals surface area contributed by atoms with Crippen LogP contribution in [0.4, 0.5) is 0 Å². The minimum Gasteiger partial charge on any atom is -0.550 e. The summed E-state index contributed by atoms with van der Waals surface area (Å²) in [4.78, 5) is 10.4. The summed E-state index contributed by atoms with van der Waals surface area (Å²) >= 11 is 0. The molecule has 0 heterocycles. The van der Waals surface area contributed by atoms with Crippen molar-refractivity contribution in [3.8, 4) is 0 Å². The number of carbonyl (C=O) groups is 1. The van der Waals surface area contributed by atoms with Crippen molar-refractivity contribution in [1.29, 1.82) is 0 Å². The third-order valence-corrected chi connectivity index (χ3v) is 5.70. The van der Waals surface area contributed by atoms with Gasteiger partial charge in [-0.25, -0.2) is 0 Å². The second kappa shape index (κ2) is 14.3. The molecule has 0 aromatic rings. The fourth-order valence-electron chi connectivity index (χ4n) is 3.68. The van der Waals surface area contributed by atoms with Gasteiger partial charge in [-0.3, -0.25) is 0 Å². The first-order valence-electron chi connectivity index (χ1n) is 10.3. The van der Waals surface area contributed by atoms with Gasteiger partial charge in [0.25, 0.3) is 0 Å².